The zero-order chi connectivity index (χ0) is 10.2. The van der Waals surface area contributed by atoms with Crippen molar-refractivity contribution < 1.29 is 0 Å². The number of fused-ring (bicyclic) bond motifs is 1. The molecular weight excluding hydrogens is 170 g/mol. The van der Waals surface area contributed by atoms with Gasteiger partial charge in [-0.1, -0.05) is 36.4 Å². The van der Waals surface area contributed by atoms with E-state index in [0.29, 0.717) is 0 Å². The Bertz CT molecular complexity index is 403. The molecule has 0 saturated heterocycles. The van der Waals surface area contributed by atoms with E-state index in [4.69, 9.17) is 0 Å². The lowest BCUT2D eigenvalue weighted by Gasteiger charge is -2.31. The van der Waals surface area contributed by atoms with E-state index in [1.807, 2.05) is 6.21 Å². The molecule has 1 unspecified atom stereocenters. The van der Waals surface area contributed by atoms with Crippen LogP contribution in [0.1, 0.15) is 25.0 Å². The average Bonchev–Trinajstić information content (AvgIpc) is 2.18. The molecule has 0 radical (unpaired) electrons. The van der Waals surface area contributed by atoms with E-state index in [2.05, 4.69) is 49.7 Å². The second kappa shape index (κ2) is 3.09. The van der Waals surface area contributed by atoms with Gasteiger partial charge in [-0.15, -0.1) is 0 Å². The summed E-state index contributed by atoms with van der Waals surface area (Å²) in [6.07, 6.45) is 2.03. The molecule has 2 rings (SSSR count). The lowest BCUT2D eigenvalue weighted by Crippen LogP contribution is -2.29. The maximum atomic E-state index is 4.41. The normalized spacial score (nSPS) is 24.4. The Morgan fingerprint density at radius 3 is 2.86 bits per heavy atom. The highest BCUT2D eigenvalue weighted by Gasteiger charge is 2.29. The summed E-state index contributed by atoms with van der Waals surface area (Å²) in [5.74, 6) is 0. The van der Waals surface area contributed by atoms with Crippen LogP contribution < -0.4 is 0 Å². The van der Waals surface area contributed by atoms with Crippen LogP contribution in [0.4, 0.5) is 0 Å². The Labute approximate surface area is 85.2 Å². The SMILES string of the molecule is C=C(C)C1(C)C=NCc2ccccc21. The summed E-state index contributed by atoms with van der Waals surface area (Å²) in [6, 6.07) is 8.47. The molecule has 0 aliphatic carbocycles. The number of rotatable bonds is 1. The Kier molecular flexibility index (Phi) is 2.03. The van der Waals surface area contributed by atoms with E-state index in [-0.39, 0.29) is 5.41 Å². The first-order valence-electron chi connectivity index (χ1n) is 4.90. The summed E-state index contributed by atoms with van der Waals surface area (Å²) < 4.78 is 0. The topological polar surface area (TPSA) is 12.4 Å². The van der Waals surface area contributed by atoms with Gasteiger partial charge in [-0.05, 0) is 25.0 Å². The fourth-order valence-electron chi connectivity index (χ4n) is 1.90. The second-order valence-electron chi connectivity index (χ2n) is 4.11. The number of aliphatic imine (C=N–C) groups is 1. The Morgan fingerprint density at radius 2 is 2.14 bits per heavy atom. The van der Waals surface area contributed by atoms with Gasteiger partial charge in [0.2, 0.25) is 0 Å². The zero-order valence-electron chi connectivity index (χ0n) is 8.75. The number of nitrogens with zero attached hydrogens (tertiary/aromatic N) is 1. The summed E-state index contributed by atoms with van der Waals surface area (Å²) in [4.78, 5) is 4.41. The van der Waals surface area contributed by atoms with Crippen molar-refractivity contribution in [1.29, 1.82) is 0 Å². The second-order valence-corrected chi connectivity index (χ2v) is 4.11. The van der Waals surface area contributed by atoms with Crippen molar-refractivity contribution in [1.82, 2.24) is 0 Å². The van der Waals surface area contributed by atoms with Crippen LogP contribution in [0.25, 0.3) is 0 Å². The average molecular weight is 185 g/mol. The molecule has 72 valence electrons. The van der Waals surface area contributed by atoms with Gasteiger partial charge in [0.15, 0.2) is 0 Å². The van der Waals surface area contributed by atoms with Gasteiger partial charge in [-0.2, -0.15) is 0 Å². The van der Waals surface area contributed by atoms with Crippen molar-refractivity contribution in [2.45, 2.75) is 25.8 Å². The van der Waals surface area contributed by atoms with E-state index < -0.39 is 0 Å². The van der Waals surface area contributed by atoms with Crippen LogP contribution >= 0.6 is 0 Å². The third-order valence-electron chi connectivity index (χ3n) is 3.07. The molecule has 0 fully saturated rings. The minimum atomic E-state index is -0.0746. The van der Waals surface area contributed by atoms with Crippen molar-refractivity contribution in [3.05, 3.63) is 47.5 Å². The van der Waals surface area contributed by atoms with Crippen LogP contribution in [0.2, 0.25) is 0 Å². The first-order valence-corrected chi connectivity index (χ1v) is 4.90. The largest absolute Gasteiger partial charge is 0.291 e. The van der Waals surface area contributed by atoms with Crippen LogP contribution in [0.15, 0.2) is 41.4 Å². The third-order valence-corrected chi connectivity index (χ3v) is 3.07. The van der Waals surface area contributed by atoms with Gasteiger partial charge in [0.05, 0.1) is 6.54 Å². The van der Waals surface area contributed by atoms with Crippen LogP contribution in [-0.4, -0.2) is 6.21 Å². The number of hydrogen-bond donors (Lipinski definition) is 0. The molecule has 1 nitrogen and oxygen atoms in total. The van der Waals surface area contributed by atoms with Gasteiger partial charge < -0.3 is 0 Å². The molecule has 1 aromatic rings. The molecule has 1 aliphatic rings. The van der Waals surface area contributed by atoms with Crippen LogP contribution in [0.5, 0.6) is 0 Å². The molecule has 0 spiro atoms. The predicted octanol–water partition coefficient (Wildman–Crippen LogP) is 3.10. The highest BCUT2D eigenvalue weighted by atomic mass is 14.7. The predicted molar refractivity (Wildman–Crippen MR) is 60.8 cm³/mol. The summed E-state index contributed by atoms with van der Waals surface area (Å²) in [5, 5.41) is 0. The van der Waals surface area contributed by atoms with Crippen molar-refractivity contribution in [2.24, 2.45) is 4.99 Å². The first kappa shape index (κ1) is 9.20. The molecule has 0 N–H and O–H groups in total. The fourth-order valence-corrected chi connectivity index (χ4v) is 1.90. The van der Waals surface area contributed by atoms with E-state index in [9.17, 15) is 0 Å². The third kappa shape index (κ3) is 1.20. The van der Waals surface area contributed by atoms with Gasteiger partial charge in [0, 0.05) is 11.6 Å². The monoisotopic (exact) mass is 185 g/mol. The minimum Gasteiger partial charge on any atom is -0.291 e. The quantitative estimate of drug-likeness (QED) is 0.596. The number of allylic oxidation sites excluding steroid dienone is 1. The minimum absolute atomic E-state index is 0.0746. The lowest BCUT2D eigenvalue weighted by atomic mass is 9.75. The first-order chi connectivity index (χ1) is 6.64. The molecule has 1 heterocycles. The number of hydrogen-bond acceptors (Lipinski definition) is 1. The summed E-state index contributed by atoms with van der Waals surface area (Å²) in [7, 11) is 0. The van der Waals surface area contributed by atoms with Crippen LogP contribution in [0.3, 0.4) is 0 Å². The summed E-state index contributed by atoms with van der Waals surface area (Å²) in [6.45, 7) is 9.10. The Morgan fingerprint density at radius 1 is 1.43 bits per heavy atom. The van der Waals surface area contributed by atoms with Crippen molar-refractivity contribution in [3.8, 4) is 0 Å². The van der Waals surface area contributed by atoms with E-state index >= 15 is 0 Å². The van der Waals surface area contributed by atoms with E-state index in [1.165, 1.54) is 11.1 Å². The van der Waals surface area contributed by atoms with Gasteiger partial charge >= 0.3 is 0 Å². The lowest BCUT2D eigenvalue weighted by molar-refractivity contribution is 0.729. The molecule has 1 aromatic carbocycles. The molecule has 0 bridgehead atoms. The molecule has 1 heteroatoms. The molecule has 0 saturated carbocycles. The Hall–Kier alpha value is -1.37. The molecule has 1 atom stereocenters. The van der Waals surface area contributed by atoms with Crippen LogP contribution in [-0.2, 0) is 12.0 Å². The van der Waals surface area contributed by atoms with Gasteiger partial charge in [0.1, 0.15) is 0 Å². The van der Waals surface area contributed by atoms with Crippen molar-refractivity contribution in [2.75, 3.05) is 0 Å². The highest BCUT2D eigenvalue weighted by molar-refractivity contribution is 5.80. The van der Waals surface area contributed by atoms with Crippen LogP contribution in [0, 0.1) is 0 Å². The molecule has 0 amide bonds. The highest BCUT2D eigenvalue weighted by Crippen LogP contribution is 2.34. The summed E-state index contributed by atoms with van der Waals surface area (Å²) in [5.41, 5.74) is 3.74. The van der Waals surface area contributed by atoms with E-state index in [1.54, 1.807) is 0 Å². The smallest absolute Gasteiger partial charge is 0.0639 e. The molecule has 14 heavy (non-hydrogen) atoms. The zero-order valence-corrected chi connectivity index (χ0v) is 8.75. The summed E-state index contributed by atoms with van der Waals surface area (Å²) >= 11 is 0. The van der Waals surface area contributed by atoms with Gasteiger partial charge in [-0.3, -0.25) is 4.99 Å². The molecular formula is C13H15N. The Balaban J connectivity index is 2.61. The standard InChI is InChI=1S/C13H15N/c1-10(2)13(3)9-14-8-11-6-4-5-7-12(11)13/h4-7,9H,1,8H2,2-3H3. The van der Waals surface area contributed by atoms with E-state index in [0.717, 1.165) is 12.1 Å². The van der Waals surface area contributed by atoms with Crippen molar-refractivity contribution >= 4 is 6.21 Å². The molecule has 0 aromatic heterocycles. The van der Waals surface area contributed by atoms with Gasteiger partial charge in [-0.25, -0.2) is 0 Å². The maximum Gasteiger partial charge on any atom is 0.0639 e. The fraction of sp³-hybridized carbons (Fsp3) is 0.308. The number of benzene rings is 1. The maximum absolute atomic E-state index is 4.41. The molecule has 1 aliphatic heterocycles. The van der Waals surface area contributed by atoms with Gasteiger partial charge in [0.25, 0.3) is 0 Å². The van der Waals surface area contributed by atoms with Crippen molar-refractivity contribution in [3.63, 3.8) is 0 Å².